The Morgan fingerprint density at radius 2 is 2.22 bits per heavy atom. The van der Waals surface area contributed by atoms with Gasteiger partial charge in [-0.15, -0.1) is 0 Å². The minimum absolute atomic E-state index is 0.122. The summed E-state index contributed by atoms with van der Waals surface area (Å²) < 4.78 is 4.81. The highest BCUT2D eigenvalue weighted by Gasteiger charge is 2.32. The van der Waals surface area contributed by atoms with Crippen LogP contribution < -0.4 is 0 Å². The maximum absolute atomic E-state index is 11.4. The largest absolute Gasteiger partial charge is 0.433 e. The third kappa shape index (κ3) is 2.05. The molecule has 0 spiro atoms. The van der Waals surface area contributed by atoms with E-state index in [9.17, 15) is 19.7 Å². The third-order valence-electron chi connectivity index (χ3n) is 2.28. The number of carbonyl (C=O) groups is 2. The van der Waals surface area contributed by atoms with Gasteiger partial charge in [-0.3, -0.25) is 19.8 Å². The molecule has 1 saturated heterocycles. The summed E-state index contributed by atoms with van der Waals surface area (Å²) >= 11 is 0. The summed E-state index contributed by atoms with van der Waals surface area (Å²) in [5, 5.41) is 15.0. The van der Waals surface area contributed by atoms with Crippen molar-refractivity contribution in [3.63, 3.8) is 0 Å². The molecule has 3 amide bonds. The number of urea groups is 1. The molecule has 1 aromatic heterocycles. The number of furan rings is 1. The van der Waals surface area contributed by atoms with Crippen LogP contribution in [0.25, 0.3) is 0 Å². The molecule has 0 aromatic carbocycles. The molecule has 1 aliphatic rings. The molecule has 1 fully saturated rings. The average molecular weight is 252 g/mol. The number of imide groups is 1. The summed E-state index contributed by atoms with van der Waals surface area (Å²) in [5.41, 5.74) is 0. The van der Waals surface area contributed by atoms with Gasteiger partial charge in [-0.05, 0) is 6.07 Å². The van der Waals surface area contributed by atoms with Crippen molar-refractivity contribution in [3.05, 3.63) is 28.0 Å². The van der Waals surface area contributed by atoms with Crippen LogP contribution in [0.5, 0.6) is 0 Å². The fraction of sp³-hybridized carbons (Fsp3) is 0.222. The van der Waals surface area contributed by atoms with Gasteiger partial charge in [0.1, 0.15) is 11.5 Å². The van der Waals surface area contributed by atoms with Crippen LogP contribution in [0.4, 0.5) is 10.7 Å². The van der Waals surface area contributed by atoms with Gasteiger partial charge in [-0.25, -0.2) is 9.80 Å². The number of amides is 3. The smallest absolute Gasteiger partial charge is 0.400 e. The van der Waals surface area contributed by atoms with E-state index in [1.54, 1.807) is 0 Å². The van der Waals surface area contributed by atoms with Gasteiger partial charge in [0.05, 0.1) is 12.3 Å². The van der Waals surface area contributed by atoms with E-state index in [1.807, 2.05) is 0 Å². The van der Waals surface area contributed by atoms with Crippen LogP contribution in [0.2, 0.25) is 0 Å². The molecule has 1 aliphatic heterocycles. The van der Waals surface area contributed by atoms with Crippen LogP contribution in [0.1, 0.15) is 5.76 Å². The second-order valence-corrected chi connectivity index (χ2v) is 3.47. The van der Waals surface area contributed by atoms with Crippen molar-refractivity contribution in [3.8, 4) is 0 Å². The number of nitro groups is 1. The first-order valence-electron chi connectivity index (χ1n) is 4.85. The monoisotopic (exact) mass is 252 g/mol. The maximum Gasteiger partial charge on any atom is 0.433 e. The molecule has 0 unspecified atom stereocenters. The van der Waals surface area contributed by atoms with Crippen LogP contribution in [0, 0.1) is 10.1 Å². The molecule has 0 saturated carbocycles. The third-order valence-corrected chi connectivity index (χ3v) is 2.28. The Kier molecular flexibility index (Phi) is 2.80. The zero-order valence-corrected chi connectivity index (χ0v) is 9.27. The molecule has 0 radical (unpaired) electrons. The highest BCUT2D eigenvalue weighted by atomic mass is 16.6. The number of hydrogen-bond donors (Lipinski definition) is 0. The molecule has 0 N–H and O–H groups in total. The Bertz CT molecular complexity index is 549. The number of hydrazone groups is 1. The van der Waals surface area contributed by atoms with Gasteiger partial charge in [0.25, 0.3) is 5.91 Å². The lowest BCUT2D eigenvalue weighted by molar-refractivity contribution is -0.402. The van der Waals surface area contributed by atoms with E-state index in [2.05, 4.69) is 5.10 Å². The predicted molar refractivity (Wildman–Crippen MR) is 57.8 cm³/mol. The van der Waals surface area contributed by atoms with Gasteiger partial charge in [-0.1, -0.05) is 0 Å². The van der Waals surface area contributed by atoms with Crippen molar-refractivity contribution in [2.75, 3.05) is 13.6 Å². The second-order valence-electron chi connectivity index (χ2n) is 3.47. The number of nitrogens with zero attached hydrogens (tertiary/aromatic N) is 4. The number of likely N-dealkylation sites (N-methyl/N-ethyl adjacent to an activating group) is 1. The molecule has 18 heavy (non-hydrogen) atoms. The predicted octanol–water partition coefficient (Wildman–Crippen LogP) is 0.416. The van der Waals surface area contributed by atoms with Crippen molar-refractivity contribution in [1.82, 2.24) is 9.91 Å². The van der Waals surface area contributed by atoms with Gasteiger partial charge in [0.2, 0.25) is 0 Å². The molecule has 94 valence electrons. The normalized spacial score (nSPS) is 16.1. The maximum atomic E-state index is 11.4. The summed E-state index contributed by atoms with van der Waals surface area (Å²) in [4.78, 5) is 33.2. The van der Waals surface area contributed by atoms with Crippen molar-refractivity contribution < 1.29 is 18.9 Å². The van der Waals surface area contributed by atoms with Gasteiger partial charge in [0.15, 0.2) is 5.76 Å². The van der Waals surface area contributed by atoms with E-state index in [4.69, 9.17) is 4.42 Å². The Labute approximate surface area is 100 Å². The van der Waals surface area contributed by atoms with Crippen LogP contribution in [-0.4, -0.2) is 46.6 Å². The molecule has 2 rings (SSSR count). The molecule has 9 nitrogen and oxygen atoms in total. The highest BCUT2D eigenvalue weighted by Crippen LogP contribution is 2.14. The molecular weight excluding hydrogens is 244 g/mol. The molecule has 0 bridgehead atoms. The van der Waals surface area contributed by atoms with Crippen molar-refractivity contribution in [2.24, 2.45) is 5.10 Å². The summed E-state index contributed by atoms with van der Waals surface area (Å²) in [5.74, 6) is -0.670. The zero-order valence-electron chi connectivity index (χ0n) is 9.27. The molecule has 0 aliphatic carbocycles. The lowest BCUT2D eigenvalue weighted by atomic mass is 10.5. The summed E-state index contributed by atoms with van der Waals surface area (Å²) in [6.45, 7) is -0.158. The van der Waals surface area contributed by atoms with Gasteiger partial charge in [-0.2, -0.15) is 5.10 Å². The Morgan fingerprint density at radius 1 is 1.50 bits per heavy atom. The quantitative estimate of drug-likeness (QED) is 0.335. The van der Waals surface area contributed by atoms with E-state index in [0.29, 0.717) is 0 Å². The minimum atomic E-state index is -0.685. The summed E-state index contributed by atoms with van der Waals surface area (Å²) in [6.07, 6.45) is 1.14. The topological polar surface area (TPSA) is 109 Å². The van der Waals surface area contributed by atoms with Gasteiger partial charge >= 0.3 is 11.9 Å². The zero-order chi connectivity index (χ0) is 13.3. The molecule has 1 aromatic rings. The standard InChI is InChI=1S/C9H8N4O5/c1-11-7(14)5-12(9(11)15)10-4-6-2-3-8(18-6)13(16)17/h2-4H,5H2,1H3/b10-4+. The highest BCUT2D eigenvalue weighted by molar-refractivity contribution is 6.01. The first-order chi connectivity index (χ1) is 8.49. The van der Waals surface area contributed by atoms with E-state index in [-0.39, 0.29) is 18.2 Å². The lowest BCUT2D eigenvalue weighted by Crippen LogP contribution is -2.26. The van der Waals surface area contributed by atoms with Crippen LogP contribution in [0.3, 0.4) is 0 Å². The van der Waals surface area contributed by atoms with Gasteiger partial charge in [0, 0.05) is 7.05 Å². The van der Waals surface area contributed by atoms with E-state index in [0.717, 1.165) is 16.1 Å². The van der Waals surface area contributed by atoms with Crippen LogP contribution >= 0.6 is 0 Å². The summed E-state index contributed by atoms with van der Waals surface area (Å²) in [6, 6.07) is 1.95. The van der Waals surface area contributed by atoms with Crippen molar-refractivity contribution in [2.45, 2.75) is 0 Å². The van der Waals surface area contributed by atoms with E-state index < -0.39 is 16.8 Å². The number of hydrogen-bond acceptors (Lipinski definition) is 6. The van der Waals surface area contributed by atoms with Crippen LogP contribution in [0.15, 0.2) is 21.7 Å². The number of rotatable bonds is 3. The minimum Gasteiger partial charge on any atom is -0.400 e. The second kappa shape index (κ2) is 4.28. The summed E-state index contributed by atoms with van der Waals surface area (Å²) in [7, 11) is 1.35. The first-order valence-corrected chi connectivity index (χ1v) is 4.85. The molecule has 0 atom stereocenters. The Balaban J connectivity index is 2.09. The number of carbonyl (C=O) groups excluding carboxylic acids is 2. The molecule has 9 heteroatoms. The fourth-order valence-corrected chi connectivity index (χ4v) is 1.31. The van der Waals surface area contributed by atoms with E-state index >= 15 is 0 Å². The Hall–Kier alpha value is -2.71. The van der Waals surface area contributed by atoms with Gasteiger partial charge < -0.3 is 4.42 Å². The Morgan fingerprint density at radius 3 is 2.72 bits per heavy atom. The average Bonchev–Trinajstić information content (AvgIpc) is 2.88. The first kappa shape index (κ1) is 11.8. The SMILES string of the molecule is CN1C(=O)CN(/N=C/c2ccc([N+](=O)[O-])o2)C1=O. The lowest BCUT2D eigenvalue weighted by Gasteiger charge is -2.06. The van der Waals surface area contributed by atoms with Crippen molar-refractivity contribution >= 4 is 24.0 Å². The van der Waals surface area contributed by atoms with Crippen LogP contribution in [-0.2, 0) is 4.79 Å². The fourth-order valence-electron chi connectivity index (χ4n) is 1.31. The van der Waals surface area contributed by atoms with E-state index in [1.165, 1.54) is 19.2 Å². The molecular formula is C9H8N4O5. The van der Waals surface area contributed by atoms with Crippen molar-refractivity contribution in [1.29, 1.82) is 0 Å². The molecule has 2 heterocycles.